The van der Waals surface area contributed by atoms with E-state index in [0.717, 1.165) is 28.1 Å². The van der Waals surface area contributed by atoms with Gasteiger partial charge in [-0.1, -0.05) is 42.1 Å². The zero-order valence-corrected chi connectivity index (χ0v) is 14.8. The Labute approximate surface area is 150 Å². The minimum Gasteiger partial charge on any atom is -0.497 e. The van der Waals surface area contributed by atoms with Gasteiger partial charge in [-0.2, -0.15) is 4.98 Å². The van der Waals surface area contributed by atoms with Crippen LogP contribution >= 0.6 is 11.8 Å². The summed E-state index contributed by atoms with van der Waals surface area (Å²) in [6, 6.07) is 18.4. The van der Waals surface area contributed by atoms with E-state index < -0.39 is 0 Å². The molecule has 0 aliphatic carbocycles. The van der Waals surface area contributed by atoms with Crippen LogP contribution in [0, 0.1) is 0 Å². The number of thioether (sulfide) groups is 1. The van der Waals surface area contributed by atoms with Crippen LogP contribution in [-0.2, 0) is 0 Å². The first-order chi connectivity index (χ1) is 12.3. The van der Waals surface area contributed by atoms with Crippen LogP contribution in [0.1, 0.15) is 17.2 Å². The van der Waals surface area contributed by atoms with Gasteiger partial charge >= 0.3 is 0 Å². The number of anilines is 1. The van der Waals surface area contributed by atoms with Crippen molar-refractivity contribution in [1.29, 1.82) is 0 Å². The molecule has 1 aliphatic rings. The number of nitrogens with one attached hydrogen (secondary N) is 1. The van der Waals surface area contributed by atoms with Gasteiger partial charge < -0.3 is 10.1 Å². The summed E-state index contributed by atoms with van der Waals surface area (Å²) in [4.78, 5) is 4.59. The maximum absolute atomic E-state index is 5.25. The minimum absolute atomic E-state index is 0.00273. The normalized spacial score (nSPS) is 15.9. The highest BCUT2D eigenvalue weighted by Gasteiger charge is 2.25. The second kappa shape index (κ2) is 6.64. The fourth-order valence-corrected chi connectivity index (χ4v) is 3.23. The van der Waals surface area contributed by atoms with Crippen LogP contribution < -0.4 is 10.1 Å². The molecule has 2 aromatic carbocycles. The lowest BCUT2D eigenvalue weighted by Gasteiger charge is -2.24. The van der Waals surface area contributed by atoms with E-state index in [0.29, 0.717) is 0 Å². The number of ether oxygens (including phenoxy) is 1. The van der Waals surface area contributed by atoms with Gasteiger partial charge in [0.05, 0.1) is 7.11 Å². The molecule has 3 aromatic rings. The highest BCUT2D eigenvalue weighted by Crippen LogP contribution is 2.33. The summed E-state index contributed by atoms with van der Waals surface area (Å²) in [5, 5.41) is 8.78. The Bertz CT molecular complexity index is 903. The third kappa shape index (κ3) is 3.00. The molecule has 1 aromatic heterocycles. The molecule has 0 radical (unpaired) electrons. The summed E-state index contributed by atoms with van der Waals surface area (Å²) in [5.41, 5.74) is 3.28. The standard InChI is InChI=1S/C19H18N4OS/c1-24-15-10-8-13(9-11-15)16-12-17(14-6-4-3-5-7-14)23-18(20-16)21-19(22-23)25-2/h3-12,17H,1-2H3,(H,20,21,22)/t17-/m0/s1. The number of hydrogen-bond donors (Lipinski definition) is 1. The SMILES string of the molecule is COc1ccc(C2=C[C@@H](c3ccccc3)n3nc(SC)nc3N2)cc1. The van der Waals surface area contributed by atoms with Gasteiger partial charge in [-0.3, -0.25) is 0 Å². The molecule has 0 saturated heterocycles. The average Bonchev–Trinajstić information content (AvgIpc) is 3.11. The molecule has 25 heavy (non-hydrogen) atoms. The molecule has 1 aliphatic heterocycles. The number of methoxy groups -OCH3 is 1. The van der Waals surface area contributed by atoms with Crippen molar-refractivity contribution in [2.45, 2.75) is 11.2 Å². The molecule has 4 rings (SSSR count). The lowest BCUT2D eigenvalue weighted by Crippen LogP contribution is -2.20. The molecular formula is C19H18N4OS. The first kappa shape index (κ1) is 15.8. The number of rotatable bonds is 4. The second-order valence-electron chi connectivity index (χ2n) is 5.66. The number of hydrogen-bond acceptors (Lipinski definition) is 5. The Morgan fingerprint density at radius 3 is 2.52 bits per heavy atom. The molecule has 0 amide bonds. The van der Waals surface area contributed by atoms with Crippen LogP contribution in [0.25, 0.3) is 5.70 Å². The third-order valence-corrected chi connectivity index (χ3v) is 4.71. The Balaban J connectivity index is 1.78. The van der Waals surface area contributed by atoms with Crippen LogP contribution in [0.4, 0.5) is 5.95 Å². The summed E-state index contributed by atoms with van der Waals surface area (Å²) in [6.45, 7) is 0. The third-order valence-electron chi connectivity index (χ3n) is 4.17. The first-order valence-corrected chi connectivity index (χ1v) is 9.19. The van der Waals surface area contributed by atoms with E-state index in [-0.39, 0.29) is 6.04 Å². The Morgan fingerprint density at radius 2 is 1.84 bits per heavy atom. The van der Waals surface area contributed by atoms with Crippen molar-refractivity contribution in [3.63, 3.8) is 0 Å². The molecule has 6 heteroatoms. The fourth-order valence-electron chi connectivity index (χ4n) is 2.89. The largest absolute Gasteiger partial charge is 0.497 e. The quantitative estimate of drug-likeness (QED) is 0.719. The van der Waals surface area contributed by atoms with Crippen LogP contribution in [0.5, 0.6) is 5.75 Å². The monoisotopic (exact) mass is 350 g/mol. The van der Waals surface area contributed by atoms with Crippen molar-refractivity contribution in [3.8, 4) is 5.75 Å². The van der Waals surface area contributed by atoms with Gasteiger partial charge in [-0.15, -0.1) is 5.10 Å². The molecule has 5 nitrogen and oxygen atoms in total. The van der Waals surface area contributed by atoms with E-state index in [1.165, 1.54) is 17.3 Å². The van der Waals surface area contributed by atoms with E-state index in [2.05, 4.69) is 33.6 Å². The molecule has 1 N–H and O–H groups in total. The molecule has 2 heterocycles. The van der Waals surface area contributed by atoms with E-state index in [4.69, 9.17) is 4.74 Å². The molecular weight excluding hydrogens is 332 g/mol. The summed E-state index contributed by atoms with van der Waals surface area (Å²) >= 11 is 1.54. The second-order valence-corrected chi connectivity index (χ2v) is 6.43. The predicted molar refractivity (Wildman–Crippen MR) is 101 cm³/mol. The summed E-state index contributed by atoms with van der Waals surface area (Å²) in [6.07, 6.45) is 4.17. The Hall–Kier alpha value is -2.73. The molecule has 0 spiro atoms. The number of aromatic nitrogens is 3. The minimum atomic E-state index is 0.00273. The molecule has 0 bridgehead atoms. The smallest absolute Gasteiger partial charge is 0.227 e. The summed E-state index contributed by atoms with van der Waals surface area (Å²) in [7, 11) is 1.67. The van der Waals surface area contributed by atoms with Gasteiger partial charge in [0.2, 0.25) is 11.1 Å². The van der Waals surface area contributed by atoms with E-state index in [1.54, 1.807) is 7.11 Å². The van der Waals surface area contributed by atoms with Gasteiger partial charge in [-0.05, 0) is 47.7 Å². The van der Waals surface area contributed by atoms with Crippen LogP contribution in [0.15, 0.2) is 65.8 Å². The summed E-state index contributed by atoms with van der Waals surface area (Å²) in [5.74, 6) is 1.60. The lowest BCUT2D eigenvalue weighted by molar-refractivity contribution is 0.415. The molecule has 0 fully saturated rings. The zero-order chi connectivity index (χ0) is 17.2. The van der Waals surface area contributed by atoms with Crippen molar-refractivity contribution < 1.29 is 4.74 Å². The molecule has 1 atom stereocenters. The van der Waals surface area contributed by atoms with E-state index in [1.807, 2.05) is 53.4 Å². The van der Waals surface area contributed by atoms with Crippen molar-refractivity contribution in [1.82, 2.24) is 14.8 Å². The van der Waals surface area contributed by atoms with Crippen molar-refractivity contribution in [2.75, 3.05) is 18.7 Å². The van der Waals surface area contributed by atoms with Crippen molar-refractivity contribution >= 4 is 23.4 Å². The van der Waals surface area contributed by atoms with Gasteiger partial charge in [0.1, 0.15) is 11.8 Å². The average molecular weight is 350 g/mol. The lowest BCUT2D eigenvalue weighted by atomic mass is 10.0. The van der Waals surface area contributed by atoms with Gasteiger partial charge in [0.25, 0.3) is 0 Å². The highest BCUT2D eigenvalue weighted by atomic mass is 32.2. The maximum Gasteiger partial charge on any atom is 0.227 e. The van der Waals surface area contributed by atoms with Gasteiger partial charge in [0, 0.05) is 5.70 Å². The summed E-state index contributed by atoms with van der Waals surface area (Å²) < 4.78 is 7.19. The van der Waals surface area contributed by atoms with Gasteiger partial charge in [-0.25, -0.2) is 4.68 Å². The number of fused-ring (bicyclic) bond motifs is 1. The van der Waals surface area contributed by atoms with Crippen LogP contribution in [0.3, 0.4) is 0 Å². The molecule has 0 saturated carbocycles. The van der Waals surface area contributed by atoms with Crippen LogP contribution in [0.2, 0.25) is 0 Å². The van der Waals surface area contributed by atoms with Crippen LogP contribution in [-0.4, -0.2) is 28.1 Å². The number of benzene rings is 2. The topological polar surface area (TPSA) is 52.0 Å². The first-order valence-electron chi connectivity index (χ1n) is 7.97. The van der Waals surface area contributed by atoms with E-state index in [9.17, 15) is 0 Å². The number of nitrogens with zero attached hydrogens (tertiary/aromatic N) is 3. The zero-order valence-electron chi connectivity index (χ0n) is 14.0. The maximum atomic E-state index is 5.25. The molecule has 0 unspecified atom stereocenters. The van der Waals surface area contributed by atoms with Gasteiger partial charge in [0.15, 0.2) is 0 Å². The Kier molecular flexibility index (Phi) is 4.19. The van der Waals surface area contributed by atoms with Crippen molar-refractivity contribution in [2.24, 2.45) is 0 Å². The fraction of sp³-hybridized carbons (Fsp3) is 0.158. The highest BCUT2D eigenvalue weighted by molar-refractivity contribution is 7.98. The predicted octanol–water partition coefficient (Wildman–Crippen LogP) is 4.06. The Morgan fingerprint density at radius 1 is 1.08 bits per heavy atom. The van der Waals surface area contributed by atoms with Crippen molar-refractivity contribution in [3.05, 3.63) is 71.8 Å². The molecule has 126 valence electrons. The van der Waals surface area contributed by atoms with E-state index >= 15 is 0 Å². The number of allylic oxidation sites excluding steroid dienone is 1.